The number of nitrogens with one attached hydrogen (secondary N) is 2. The molecule has 2 atom stereocenters. The molecule has 8 nitrogen and oxygen atoms in total. The van der Waals surface area contributed by atoms with Crippen LogP contribution in [0.3, 0.4) is 0 Å². The molecular formula is C17H18ClN3O5. The van der Waals surface area contributed by atoms with Crippen LogP contribution < -0.4 is 15.4 Å². The average Bonchev–Trinajstić information content (AvgIpc) is 3.17. The molecule has 2 saturated heterocycles. The van der Waals surface area contributed by atoms with Crippen LogP contribution >= 0.6 is 12.4 Å². The second-order valence-corrected chi connectivity index (χ2v) is 6.39. The van der Waals surface area contributed by atoms with Crippen molar-refractivity contribution in [2.45, 2.75) is 31.4 Å². The van der Waals surface area contributed by atoms with Crippen LogP contribution in [0, 0.1) is 0 Å². The molecule has 0 radical (unpaired) electrons. The Morgan fingerprint density at radius 2 is 1.81 bits per heavy atom. The summed E-state index contributed by atoms with van der Waals surface area (Å²) in [5, 5.41) is 5.37. The lowest BCUT2D eigenvalue weighted by Gasteiger charge is -2.27. The molecule has 2 N–H and O–H groups in total. The zero-order chi connectivity index (χ0) is 17.6. The van der Waals surface area contributed by atoms with E-state index in [2.05, 4.69) is 10.6 Å². The fraction of sp³-hybridized carbons (Fsp3) is 0.412. The first-order valence-electron chi connectivity index (χ1n) is 8.27. The highest BCUT2D eigenvalue weighted by atomic mass is 35.5. The lowest BCUT2D eigenvalue weighted by molar-refractivity contribution is -0.136. The van der Waals surface area contributed by atoms with Gasteiger partial charge in [-0.05, 0) is 37.6 Å². The number of hydrogen-bond donors (Lipinski definition) is 2. The Bertz CT molecular complexity index is 791. The van der Waals surface area contributed by atoms with Crippen LogP contribution in [0.15, 0.2) is 18.2 Å². The van der Waals surface area contributed by atoms with Gasteiger partial charge in [0.25, 0.3) is 11.8 Å². The minimum atomic E-state index is -0.950. The SMILES string of the molecule is Cl.O=C1CCC(N2C(=O)c3ccc(O[C@H]4CCNC4)cc3C2=O)C(=O)N1. The maximum Gasteiger partial charge on any atom is 0.262 e. The van der Waals surface area contributed by atoms with Crippen LogP contribution in [0.25, 0.3) is 0 Å². The maximum atomic E-state index is 12.7. The lowest BCUT2D eigenvalue weighted by atomic mass is 10.0. The van der Waals surface area contributed by atoms with Crippen LogP contribution in [0.2, 0.25) is 0 Å². The number of halogens is 1. The third kappa shape index (κ3) is 3.06. The molecule has 3 aliphatic rings. The molecule has 9 heteroatoms. The van der Waals surface area contributed by atoms with Crippen LogP contribution in [-0.2, 0) is 9.59 Å². The highest BCUT2D eigenvalue weighted by Crippen LogP contribution is 2.30. The van der Waals surface area contributed by atoms with E-state index in [1.165, 1.54) is 0 Å². The largest absolute Gasteiger partial charge is 0.489 e. The first-order chi connectivity index (χ1) is 12.0. The summed E-state index contributed by atoms with van der Waals surface area (Å²) < 4.78 is 5.83. The summed E-state index contributed by atoms with van der Waals surface area (Å²) in [6, 6.07) is 3.82. The van der Waals surface area contributed by atoms with Gasteiger partial charge < -0.3 is 10.1 Å². The van der Waals surface area contributed by atoms with E-state index >= 15 is 0 Å². The van der Waals surface area contributed by atoms with Crippen molar-refractivity contribution in [2.75, 3.05) is 13.1 Å². The number of piperidine rings is 1. The third-order valence-electron chi connectivity index (χ3n) is 4.73. The Kier molecular flexibility index (Phi) is 4.97. The summed E-state index contributed by atoms with van der Waals surface area (Å²) in [4.78, 5) is 49.5. The monoisotopic (exact) mass is 379 g/mol. The molecule has 0 bridgehead atoms. The van der Waals surface area contributed by atoms with Gasteiger partial charge in [0, 0.05) is 13.0 Å². The van der Waals surface area contributed by atoms with Gasteiger partial charge in [-0.3, -0.25) is 29.4 Å². The maximum absolute atomic E-state index is 12.7. The van der Waals surface area contributed by atoms with Gasteiger partial charge in [0.05, 0.1) is 11.1 Å². The van der Waals surface area contributed by atoms with E-state index in [1.807, 2.05) is 0 Å². The topological polar surface area (TPSA) is 105 Å². The molecule has 2 fully saturated rings. The quantitative estimate of drug-likeness (QED) is 0.729. The van der Waals surface area contributed by atoms with Gasteiger partial charge in [0.2, 0.25) is 11.8 Å². The number of hydrogen-bond acceptors (Lipinski definition) is 6. The number of ether oxygens (including phenoxy) is 1. The van der Waals surface area contributed by atoms with E-state index in [0.717, 1.165) is 24.4 Å². The molecule has 4 amide bonds. The molecule has 3 heterocycles. The number of benzene rings is 1. The highest BCUT2D eigenvalue weighted by Gasteiger charge is 2.44. The number of amides is 4. The van der Waals surface area contributed by atoms with Crippen molar-refractivity contribution in [3.8, 4) is 5.75 Å². The van der Waals surface area contributed by atoms with Crippen LogP contribution in [0.4, 0.5) is 0 Å². The van der Waals surface area contributed by atoms with E-state index in [0.29, 0.717) is 5.75 Å². The number of nitrogens with zero attached hydrogens (tertiary/aromatic N) is 1. The summed E-state index contributed by atoms with van der Waals surface area (Å²) in [5.74, 6) is -1.51. The molecule has 0 spiro atoms. The third-order valence-corrected chi connectivity index (χ3v) is 4.73. The molecule has 0 saturated carbocycles. The molecule has 3 aliphatic heterocycles. The van der Waals surface area contributed by atoms with E-state index in [1.54, 1.807) is 18.2 Å². The normalized spacial score (nSPS) is 25.0. The minimum absolute atomic E-state index is 0. The van der Waals surface area contributed by atoms with Crippen molar-refractivity contribution < 1.29 is 23.9 Å². The average molecular weight is 380 g/mol. The summed E-state index contributed by atoms with van der Waals surface area (Å²) in [5.41, 5.74) is 0.491. The van der Waals surface area contributed by atoms with Crippen molar-refractivity contribution in [2.24, 2.45) is 0 Å². The van der Waals surface area contributed by atoms with Gasteiger partial charge in [-0.2, -0.15) is 0 Å². The predicted octanol–water partition coefficient (Wildman–Crippen LogP) is 0.250. The second-order valence-electron chi connectivity index (χ2n) is 6.39. The van der Waals surface area contributed by atoms with Gasteiger partial charge in [0.1, 0.15) is 17.9 Å². The fourth-order valence-corrected chi connectivity index (χ4v) is 3.44. The molecule has 26 heavy (non-hydrogen) atoms. The number of carbonyl (C=O) groups excluding carboxylic acids is 4. The molecule has 4 rings (SSSR count). The van der Waals surface area contributed by atoms with E-state index in [4.69, 9.17) is 4.74 Å². The minimum Gasteiger partial charge on any atom is -0.489 e. The second kappa shape index (κ2) is 7.05. The zero-order valence-corrected chi connectivity index (χ0v) is 14.6. The summed E-state index contributed by atoms with van der Waals surface area (Å²) in [6.07, 6.45) is 1.17. The van der Waals surface area contributed by atoms with E-state index in [9.17, 15) is 19.2 Å². The number of fused-ring (bicyclic) bond motifs is 1. The number of imide groups is 2. The lowest BCUT2D eigenvalue weighted by Crippen LogP contribution is -2.54. The smallest absolute Gasteiger partial charge is 0.262 e. The molecule has 138 valence electrons. The predicted molar refractivity (Wildman–Crippen MR) is 92.3 cm³/mol. The Balaban J connectivity index is 0.00000196. The zero-order valence-electron chi connectivity index (χ0n) is 13.8. The van der Waals surface area contributed by atoms with Gasteiger partial charge in [-0.25, -0.2) is 0 Å². The fourth-order valence-electron chi connectivity index (χ4n) is 3.44. The van der Waals surface area contributed by atoms with Crippen molar-refractivity contribution in [3.63, 3.8) is 0 Å². The van der Waals surface area contributed by atoms with E-state index < -0.39 is 29.7 Å². The first-order valence-corrected chi connectivity index (χ1v) is 8.27. The van der Waals surface area contributed by atoms with Gasteiger partial charge >= 0.3 is 0 Å². The first kappa shape index (κ1) is 18.3. The molecule has 1 aromatic rings. The molecular weight excluding hydrogens is 362 g/mol. The van der Waals surface area contributed by atoms with Crippen molar-refractivity contribution in [1.82, 2.24) is 15.5 Å². The van der Waals surface area contributed by atoms with Crippen molar-refractivity contribution >= 4 is 36.0 Å². The molecule has 1 unspecified atom stereocenters. The van der Waals surface area contributed by atoms with Crippen LogP contribution in [0.1, 0.15) is 40.0 Å². The standard InChI is InChI=1S/C17H17N3O5.ClH/c21-14-4-3-13(15(22)19-14)20-16(23)11-2-1-9(7-12(11)17(20)24)25-10-5-6-18-8-10;/h1-2,7,10,13,18H,3-6,8H2,(H,19,21,22);1H/t10-,13?;/m0./s1. The molecule has 0 aromatic heterocycles. The Labute approximate surface area is 155 Å². The number of carbonyl (C=O) groups is 4. The summed E-state index contributed by atoms with van der Waals surface area (Å²) in [6.45, 7) is 1.63. The van der Waals surface area contributed by atoms with Gasteiger partial charge in [0.15, 0.2) is 0 Å². The highest BCUT2D eigenvalue weighted by molar-refractivity contribution is 6.23. The Morgan fingerprint density at radius 3 is 2.50 bits per heavy atom. The summed E-state index contributed by atoms with van der Waals surface area (Å²) in [7, 11) is 0. The Hall–Kier alpha value is -2.45. The van der Waals surface area contributed by atoms with Crippen LogP contribution in [0.5, 0.6) is 5.75 Å². The van der Waals surface area contributed by atoms with Gasteiger partial charge in [-0.15, -0.1) is 12.4 Å². The van der Waals surface area contributed by atoms with Crippen molar-refractivity contribution in [1.29, 1.82) is 0 Å². The molecule has 1 aromatic carbocycles. The van der Waals surface area contributed by atoms with Gasteiger partial charge in [-0.1, -0.05) is 0 Å². The molecule has 0 aliphatic carbocycles. The van der Waals surface area contributed by atoms with Crippen LogP contribution in [-0.4, -0.2) is 53.8 Å². The summed E-state index contributed by atoms with van der Waals surface area (Å²) >= 11 is 0. The van der Waals surface area contributed by atoms with Crippen molar-refractivity contribution in [3.05, 3.63) is 29.3 Å². The Morgan fingerprint density at radius 1 is 1.04 bits per heavy atom. The number of rotatable bonds is 3. The van der Waals surface area contributed by atoms with E-state index in [-0.39, 0.29) is 42.5 Å².